The van der Waals surface area contributed by atoms with Gasteiger partial charge in [0.2, 0.25) is 0 Å². The van der Waals surface area contributed by atoms with Crippen molar-refractivity contribution < 1.29 is 14.4 Å². The van der Waals surface area contributed by atoms with Crippen molar-refractivity contribution in [1.82, 2.24) is 10.3 Å². The zero-order valence-corrected chi connectivity index (χ0v) is 16.6. The van der Waals surface area contributed by atoms with Gasteiger partial charge in [-0.05, 0) is 48.4 Å². The van der Waals surface area contributed by atoms with E-state index in [-0.39, 0.29) is 17.7 Å². The fraction of sp³-hybridized carbons (Fsp3) is 0.0800. The van der Waals surface area contributed by atoms with Gasteiger partial charge >= 0.3 is 0 Å². The summed E-state index contributed by atoms with van der Waals surface area (Å²) in [6.07, 6.45) is 2.65. The van der Waals surface area contributed by atoms with E-state index in [2.05, 4.69) is 16.4 Å². The van der Waals surface area contributed by atoms with Gasteiger partial charge in [-0.2, -0.15) is 0 Å². The second-order valence-corrected chi connectivity index (χ2v) is 7.41. The number of benzene rings is 3. The van der Waals surface area contributed by atoms with Gasteiger partial charge in [0.1, 0.15) is 0 Å². The molecule has 5 rings (SSSR count). The van der Waals surface area contributed by atoms with E-state index in [0.717, 1.165) is 21.4 Å². The molecular weight excluding hydrogens is 390 g/mol. The van der Waals surface area contributed by atoms with Crippen LogP contribution >= 0.6 is 0 Å². The molecule has 0 bridgehead atoms. The second-order valence-electron chi connectivity index (χ2n) is 7.41. The SMILES string of the molecule is O=C(NCCc1c[nH]c2ccccc12)c1cccc(N2C(=O)c3ccccc3C2=O)c1. The molecule has 0 radical (unpaired) electrons. The maximum atomic E-state index is 12.7. The smallest absolute Gasteiger partial charge is 0.266 e. The molecule has 0 unspecified atom stereocenters. The van der Waals surface area contributed by atoms with Gasteiger partial charge in [0, 0.05) is 29.2 Å². The lowest BCUT2D eigenvalue weighted by Gasteiger charge is -2.15. The number of rotatable bonds is 5. The Kier molecular flexibility index (Phi) is 4.59. The van der Waals surface area contributed by atoms with Crippen LogP contribution in [0.25, 0.3) is 10.9 Å². The van der Waals surface area contributed by atoms with Gasteiger partial charge in [0.05, 0.1) is 16.8 Å². The van der Waals surface area contributed by atoms with Gasteiger partial charge in [0.25, 0.3) is 17.7 Å². The van der Waals surface area contributed by atoms with Crippen molar-refractivity contribution in [1.29, 1.82) is 0 Å². The van der Waals surface area contributed by atoms with Gasteiger partial charge in [-0.3, -0.25) is 14.4 Å². The van der Waals surface area contributed by atoms with Crippen molar-refractivity contribution in [3.8, 4) is 0 Å². The number of aromatic amines is 1. The normalized spacial score (nSPS) is 13.0. The Hall–Kier alpha value is -4.19. The number of nitrogens with one attached hydrogen (secondary N) is 2. The van der Waals surface area contributed by atoms with E-state index in [1.165, 1.54) is 0 Å². The van der Waals surface area contributed by atoms with Crippen molar-refractivity contribution in [2.75, 3.05) is 11.4 Å². The molecule has 31 heavy (non-hydrogen) atoms. The fourth-order valence-corrected chi connectivity index (χ4v) is 3.96. The number of anilines is 1. The number of aromatic nitrogens is 1. The van der Waals surface area contributed by atoms with Crippen molar-refractivity contribution >= 4 is 34.3 Å². The Labute approximate surface area is 178 Å². The summed E-state index contributed by atoms with van der Waals surface area (Å²) < 4.78 is 0. The van der Waals surface area contributed by atoms with E-state index >= 15 is 0 Å². The van der Waals surface area contributed by atoms with Gasteiger partial charge in [-0.25, -0.2) is 4.90 Å². The number of amides is 3. The summed E-state index contributed by atoms with van der Waals surface area (Å²) in [5.41, 5.74) is 3.73. The lowest BCUT2D eigenvalue weighted by Crippen LogP contribution is -2.30. The number of H-pyrrole nitrogens is 1. The molecule has 2 heterocycles. The average molecular weight is 409 g/mol. The molecule has 6 heteroatoms. The van der Waals surface area contributed by atoms with Gasteiger partial charge < -0.3 is 10.3 Å². The fourth-order valence-electron chi connectivity index (χ4n) is 3.96. The Balaban J connectivity index is 1.30. The number of carbonyl (C=O) groups is 3. The molecule has 0 spiro atoms. The molecule has 0 fully saturated rings. The van der Waals surface area contributed by atoms with E-state index in [1.54, 1.807) is 48.5 Å². The van der Waals surface area contributed by atoms with Crippen molar-refractivity contribution in [2.24, 2.45) is 0 Å². The average Bonchev–Trinajstić information content (AvgIpc) is 3.33. The Bertz CT molecular complexity index is 1300. The number of carbonyl (C=O) groups excluding carboxylic acids is 3. The van der Waals surface area contributed by atoms with Crippen LogP contribution in [0.5, 0.6) is 0 Å². The van der Waals surface area contributed by atoms with Crippen molar-refractivity contribution in [3.05, 3.63) is 101 Å². The molecule has 1 aromatic heterocycles. The van der Waals surface area contributed by atoms with Crippen LogP contribution in [-0.2, 0) is 6.42 Å². The van der Waals surface area contributed by atoms with Crippen LogP contribution < -0.4 is 10.2 Å². The summed E-state index contributed by atoms with van der Waals surface area (Å²) in [5.74, 6) is -1.01. The summed E-state index contributed by atoms with van der Waals surface area (Å²) in [6, 6.07) is 21.3. The van der Waals surface area contributed by atoms with Crippen LogP contribution in [0.4, 0.5) is 5.69 Å². The molecule has 6 nitrogen and oxygen atoms in total. The number of nitrogens with zero attached hydrogens (tertiary/aromatic N) is 1. The summed E-state index contributed by atoms with van der Waals surface area (Å²) in [7, 11) is 0. The van der Waals surface area contributed by atoms with Crippen LogP contribution in [0.1, 0.15) is 36.6 Å². The highest BCUT2D eigenvalue weighted by Crippen LogP contribution is 2.28. The number of para-hydroxylation sites is 1. The molecule has 0 aliphatic carbocycles. The third-order valence-electron chi connectivity index (χ3n) is 5.52. The lowest BCUT2D eigenvalue weighted by atomic mass is 10.1. The third-order valence-corrected chi connectivity index (χ3v) is 5.52. The number of hydrogen-bond donors (Lipinski definition) is 2. The number of fused-ring (bicyclic) bond motifs is 2. The summed E-state index contributed by atoms with van der Waals surface area (Å²) in [4.78, 5) is 42.4. The van der Waals surface area contributed by atoms with Crippen molar-refractivity contribution in [2.45, 2.75) is 6.42 Å². The summed E-state index contributed by atoms with van der Waals surface area (Å²) in [5, 5.41) is 4.06. The minimum Gasteiger partial charge on any atom is -0.361 e. The first-order chi connectivity index (χ1) is 15.1. The van der Waals surface area contributed by atoms with Crippen LogP contribution in [0.2, 0.25) is 0 Å². The van der Waals surface area contributed by atoms with Gasteiger partial charge in [-0.1, -0.05) is 36.4 Å². The first-order valence-electron chi connectivity index (χ1n) is 10.0. The van der Waals surface area contributed by atoms with Gasteiger partial charge in [0.15, 0.2) is 0 Å². The topological polar surface area (TPSA) is 82.3 Å². The zero-order valence-electron chi connectivity index (χ0n) is 16.6. The maximum Gasteiger partial charge on any atom is 0.266 e. The van der Waals surface area contributed by atoms with Crippen molar-refractivity contribution in [3.63, 3.8) is 0 Å². The molecular formula is C25H19N3O3. The summed E-state index contributed by atoms with van der Waals surface area (Å²) >= 11 is 0. The first kappa shape index (κ1) is 18.8. The minimum absolute atomic E-state index is 0.252. The van der Waals surface area contributed by atoms with E-state index in [1.807, 2.05) is 24.4 Å². The van der Waals surface area contributed by atoms with E-state index in [4.69, 9.17) is 0 Å². The Morgan fingerprint density at radius 2 is 1.58 bits per heavy atom. The molecule has 1 aliphatic rings. The van der Waals surface area contributed by atoms with E-state index < -0.39 is 0 Å². The molecule has 0 atom stereocenters. The standard InChI is InChI=1S/C25H19N3O3/c29-23(26-13-12-17-15-27-22-11-4-3-8-19(17)22)16-6-5-7-18(14-16)28-24(30)20-9-1-2-10-21(20)25(28)31/h1-11,14-15,27H,12-13H2,(H,26,29). The van der Waals surface area contributed by atoms with Gasteiger partial charge in [-0.15, -0.1) is 0 Å². The third kappa shape index (κ3) is 3.28. The molecule has 0 saturated carbocycles. The highest BCUT2D eigenvalue weighted by atomic mass is 16.2. The molecule has 3 aromatic carbocycles. The monoisotopic (exact) mass is 409 g/mol. The zero-order chi connectivity index (χ0) is 21.4. The molecule has 152 valence electrons. The second kappa shape index (κ2) is 7.57. The molecule has 1 aliphatic heterocycles. The highest BCUT2D eigenvalue weighted by Gasteiger charge is 2.36. The van der Waals surface area contributed by atoms with Crippen LogP contribution in [0.15, 0.2) is 79.0 Å². The predicted octanol–water partition coefficient (Wildman–Crippen LogP) is 3.94. The number of imide groups is 1. The minimum atomic E-state index is -0.377. The molecule has 4 aromatic rings. The number of hydrogen-bond acceptors (Lipinski definition) is 3. The largest absolute Gasteiger partial charge is 0.361 e. The van der Waals surface area contributed by atoms with E-state index in [0.29, 0.717) is 35.3 Å². The molecule has 2 N–H and O–H groups in total. The van der Waals surface area contributed by atoms with Crippen LogP contribution in [0, 0.1) is 0 Å². The first-order valence-corrected chi connectivity index (χ1v) is 10.0. The molecule has 3 amide bonds. The Morgan fingerprint density at radius 3 is 2.35 bits per heavy atom. The van der Waals surface area contributed by atoms with Crippen LogP contribution in [-0.4, -0.2) is 29.3 Å². The quantitative estimate of drug-likeness (QED) is 0.490. The maximum absolute atomic E-state index is 12.7. The Morgan fingerprint density at radius 1 is 0.871 bits per heavy atom. The predicted molar refractivity (Wildman–Crippen MR) is 118 cm³/mol. The molecule has 0 saturated heterocycles. The van der Waals surface area contributed by atoms with Crippen LogP contribution in [0.3, 0.4) is 0 Å². The highest BCUT2D eigenvalue weighted by molar-refractivity contribution is 6.34. The lowest BCUT2D eigenvalue weighted by molar-refractivity contribution is 0.0919. The summed E-state index contributed by atoms with van der Waals surface area (Å²) in [6.45, 7) is 0.470. The van der Waals surface area contributed by atoms with E-state index in [9.17, 15) is 14.4 Å².